The van der Waals surface area contributed by atoms with Crippen molar-refractivity contribution in [2.24, 2.45) is 0 Å². The fraction of sp³-hybridized carbons (Fsp3) is 0. The molecule has 0 aliphatic rings. The van der Waals surface area contributed by atoms with Crippen molar-refractivity contribution in [2.75, 3.05) is 11.1 Å². The van der Waals surface area contributed by atoms with Gasteiger partial charge in [0.15, 0.2) is 0 Å². The first-order valence-corrected chi connectivity index (χ1v) is 6.63. The molecule has 3 N–H and O–H groups in total. The molecule has 4 nitrogen and oxygen atoms in total. The maximum atomic E-state index is 12.0. The lowest BCUT2D eigenvalue weighted by molar-refractivity contribution is 0.102. The molecule has 0 aliphatic heterocycles. The number of amides is 1. The number of nitrogens with one attached hydrogen (secondary N) is 1. The summed E-state index contributed by atoms with van der Waals surface area (Å²) in [6.45, 7) is 0. The Morgan fingerprint density at radius 1 is 1.22 bits per heavy atom. The number of carbonyl (C=O) groups is 1. The van der Waals surface area contributed by atoms with Crippen LogP contribution in [-0.2, 0) is 0 Å². The van der Waals surface area contributed by atoms with Crippen molar-refractivity contribution in [2.45, 2.75) is 0 Å². The molecule has 1 amide bonds. The number of pyridine rings is 1. The van der Waals surface area contributed by atoms with Crippen LogP contribution in [0, 0.1) is 0 Å². The maximum Gasteiger partial charge on any atom is 0.274 e. The lowest BCUT2D eigenvalue weighted by Gasteiger charge is -2.07. The summed E-state index contributed by atoms with van der Waals surface area (Å²) >= 11 is 6.71. The first kappa shape index (κ1) is 13.0. The number of anilines is 2. The van der Waals surface area contributed by atoms with Crippen molar-refractivity contribution in [3.63, 3.8) is 0 Å². The lowest BCUT2D eigenvalue weighted by Crippen LogP contribution is -2.14. The normalized spacial score (nSPS) is 10.1. The van der Waals surface area contributed by atoms with Gasteiger partial charge in [-0.25, -0.2) is 0 Å². The molecule has 2 rings (SSSR count). The zero-order chi connectivity index (χ0) is 13.1. The van der Waals surface area contributed by atoms with Gasteiger partial charge in [0.2, 0.25) is 0 Å². The highest BCUT2D eigenvalue weighted by atomic mass is 79.9. The third kappa shape index (κ3) is 3.08. The third-order valence-electron chi connectivity index (χ3n) is 2.19. The van der Waals surface area contributed by atoms with Gasteiger partial charge in [-0.15, -0.1) is 0 Å². The molecule has 2 aromatic rings. The van der Waals surface area contributed by atoms with E-state index in [1.807, 2.05) is 12.1 Å². The number of carbonyl (C=O) groups excluding carboxylic acids is 1. The Hall–Kier alpha value is -1.40. The molecule has 1 aromatic heterocycles. The zero-order valence-corrected chi connectivity index (χ0v) is 12.3. The Morgan fingerprint density at radius 2 is 2.00 bits per heavy atom. The van der Waals surface area contributed by atoms with Gasteiger partial charge in [0.25, 0.3) is 5.91 Å². The molecule has 18 heavy (non-hydrogen) atoms. The molecule has 0 atom stereocenters. The van der Waals surface area contributed by atoms with Gasteiger partial charge in [-0.2, -0.15) is 0 Å². The third-order valence-corrected chi connectivity index (χ3v) is 3.38. The molecule has 0 fully saturated rings. The van der Waals surface area contributed by atoms with Crippen LogP contribution in [0.3, 0.4) is 0 Å². The number of nitrogen functional groups attached to an aromatic ring is 1. The van der Waals surface area contributed by atoms with Gasteiger partial charge in [-0.1, -0.05) is 15.9 Å². The number of hydrogen-bond donors (Lipinski definition) is 2. The topological polar surface area (TPSA) is 68.0 Å². The van der Waals surface area contributed by atoms with E-state index in [1.54, 1.807) is 12.1 Å². The first-order valence-electron chi connectivity index (χ1n) is 5.04. The minimum absolute atomic E-state index is 0.280. The van der Waals surface area contributed by atoms with Gasteiger partial charge in [0.1, 0.15) is 5.69 Å². The number of nitrogens with two attached hydrogens (primary N) is 1. The highest BCUT2D eigenvalue weighted by molar-refractivity contribution is 9.11. The fourth-order valence-electron chi connectivity index (χ4n) is 1.35. The van der Waals surface area contributed by atoms with E-state index in [1.165, 1.54) is 12.3 Å². The number of benzene rings is 1. The first-order chi connectivity index (χ1) is 8.56. The van der Waals surface area contributed by atoms with Crippen molar-refractivity contribution in [1.82, 2.24) is 4.98 Å². The summed E-state index contributed by atoms with van der Waals surface area (Å²) in [4.78, 5) is 15.9. The van der Waals surface area contributed by atoms with E-state index in [0.29, 0.717) is 11.4 Å². The van der Waals surface area contributed by atoms with Crippen LogP contribution >= 0.6 is 31.9 Å². The van der Waals surface area contributed by atoms with Gasteiger partial charge >= 0.3 is 0 Å². The van der Waals surface area contributed by atoms with Crippen LogP contribution in [0.4, 0.5) is 11.4 Å². The van der Waals surface area contributed by atoms with Crippen molar-refractivity contribution >= 4 is 49.1 Å². The summed E-state index contributed by atoms with van der Waals surface area (Å²) in [5.41, 5.74) is 7.06. The molecule has 0 spiro atoms. The molecule has 0 aliphatic carbocycles. The van der Waals surface area contributed by atoms with Crippen molar-refractivity contribution in [3.05, 3.63) is 51.2 Å². The Balaban J connectivity index is 2.24. The van der Waals surface area contributed by atoms with Crippen LogP contribution in [0.1, 0.15) is 10.5 Å². The Bertz CT molecular complexity index is 602. The molecule has 0 saturated carbocycles. The molecule has 0 radical (unpaired) electrons. The number of aromatic nitrogens is 1. The summed E-state index contributed by atoms with van der Waals surface area (Å²) < 4.78 is 1.67. The largest absolute Gasteiger partial charge is 0.399 e. The SMILES string of the molecule is Nc1ccnc(C(=O)Nc2cc(Br)ccc2Br)c1. The minimum Gasteiger partial charge on any atom is -0.399 e. The molecular formula is C12H9Br2N3O. The van der Waals surface area contributed by atoms with E-state index in [9.17, 15) is 4.79 Å². The zero-order valence-electron chi connectivity index (χ0n) is 9.15. The van der Waals surface area contributed by atoms with E-state index < -0.39 is 0 Å². The monoisotopic (exact) mass is 369 g/mol. The van der Waals surface area contributed by atoms with Gasteiger partial charge in [-0.05, 0) is 46.3 Å². The fourth-order valence-corrected chi connectivity index (χ4v) is 2.06. The second-order valence-electron chi connectivity index (χ2n) is 3.55. The molecule has 1 aromatic carbocycles. The van der Waals surface area contributed by atoms with E-state index in [2.05, 4.69) is 42.2 Å². The van der Waals surface area contributed by atoms with Crippen LogP contribution in [0.2, 0.25) is 0 Å². The van der Waals surface area contributed by atoms with Crippen LogP contribution in [0.15, 0.2) is 45.5 Å². The number of nitrogens with zero attached hydrogens (tertiary/aromatic N) is 1. The maximum absolute atomic E-state index is 12.0. The van der Waals surface area contributed by atoms with Crippen LogP contribution in [0.25, 0.3) is 0 Å². The van der Waals surface area contributed by atoms with Crippen LogP contribution in [-0.4, -0.2) is 10.9 Å². The Labute approximate surface area is 121 Å². The van der Waals surface area contributed by atoms with E-state index in [-0.39, 0.29) is 11.6 Å². The van der Waals surface area contributed by atoms with Crippen LogP contribution in [0.5, 0.6) is 0 Å². The summed E-state index contributed by atoms with van der Waals surface area (Å²) in [6, 6.07) is 8.67. The average molecular weight is 371 g/mol. The van der Waals surface area contributed by atoms with Crippen LogP contribution < -0.4 is 11.1 Å². The minimum atomic E-state index is -0.305. The number of hydrogen-bond acceptors (Lipinski definition) is 3. The highest BCUT2D eigenvalue weighted by Crippen LogP contribution is 2.26. The van der Waals surface area contributed by atoms with Crippen molar-refractivity contribution in [3.8, 4) is 0 Å². The summed E-state index contributed by atoms with van der Waals surface area (Å²) in [6.07, 6.45) is 1.50. The van der Waals surface area contributed by atoms with Gasteiger partial charge in [-0.3, -0.25) is 9.78 Å². The second-order valence-corrected chi connectivity index (χ2v) is 5.32. The van der Waals surface area contributed by atoms with Gasteiger partial charge in [0, 0.05) is 20.8 Å². The quantitative estimate of drug-likeness (QED) is 0.850. The number of halogens is 2. The predicted molar refractivity (Wildman–Crippen MR) is 78.4 cm³/mol. The standard InChI is InChI=1S/C12H9Br2N3O/c13-7-1-2-9(14)10(5-7)17-12(18)11-6-8(15)3-4-16-11/h1-6H,(H2,15,16)(H,17,18). The Morgan fingerprint density at radius 3 is 2.72 bits per heavy atom. The Kier molecular flexibility index (Phi) is 3.98. The molecular weight excluding hydrogens is 362 g/mol. The van der Waals surface area contributed by atoms with Gasteiger partial charge < -0.3 is 11.1 Å². The molecule has 0 saturated heterocycles. The van der Waals surface area contributed by atoms with E-state index >= 15 is 0 Å². The molecule has 0 bridgehead atoms. The van der Waals surface area contributed by atoms with E-state index in [0.717, 1.165) is 8.95 Å². The smallest absolute Gasteiger partial charge is 0.274 e. The molecule has 6 heteroatoms. The van der Waals surface area contributed by atoms with Crippen molar-refractivity contribution < 1.29 is 4.79 Å². The molecule has 0 unspecified atom stereocenters. The predicted octanol–water partition coefficient (Wildman–Crippen LogP) is 3.44. The molecule has 92 valence electrons. The lowest BCUT2D eigenvalue weighted by atomic mass is 10.3. The molecule has 1 heterocycles. The summed E-state index contributed by atoms with van der Waals surface area (Å²) in [5, 5.41) is 2.76. The van der Waals surface area contributed by atoms with Gasteiger partial charge in [0.05, 0.1) is 5.69 Å². The number of rotatable bonds is 2. The summed E-state index contributed by atoms with van der Waals surface area (Å²) in [5.74, 6) is -0.305. The van der Waals surface area contributed by atoms with Crippen molar-refractivity contribution in [1.29, 1.82) is 0 Å². The van der Waals surface area contributed by atoms with E-state index in [4.69, 9.17) is 5.73 Å². The average Bonchev–Trinajstić information content (AvgIpc) is 2.34. The highest BCUT2D eigenvalue weighted by Gasteiger charge is 2.10. The summed E-state index contributed by atoms with van der Waals surface area (Å²) in [7, 11) is 0. The second kappa shape index (κ2) is 5.49.